The highest BCUT2D eigenvalue weighted by molar-refractivity contribution is 14.1. The van der Waals surface area contributed by atoms with Crippen LogP contribution >= 0.6 is 22.6 Å². The van der Waals surface area contributed by atoms with Gasteiger partial charge in [-0.15, -0.1) is 0 Å². The van der Waals surface area contributed by atoms with Crippen LogP contribution in [-0.2, 0) is 6.42 Å². The minimum absolute atomic E-state index is 0.676. The number of nitrogens with zero attached hydrogens (tertiary/aromatic N) is 3. The SMILES string of the molecule is CNc1nc(CCN(C)C)nc(C2CC2)c1I. The summed E-state index contributed by atoms with van der Waals surface area (Å²) in [6.07, 6.45) is 3.48. The molecule has 0 bridgehead atoms. The zero-order valence-corrected chi connectivity index (χ0v) is 12.8. The zero-order valence-electron chi connectivity index (χ0n) is 10.6. The Kier molecular flexibility index (Phi) is 4.19. The monoisotopic (exact) mass is 346 g/mol. The quantitative estimate of drug-likeness (QED) is 0.830. The molecular weight excluding hydrogens is 327 g/mol. The van der Waals surface area contributed by atoms with Crippen molar-refractivity contribution in [1.29, 1.82) is 0 Å². The first kappa shape index (κ1) is 13.0. The van der Waals surface area contributed by atoms with Gasteiger partial charge in [0, 0.05) is 25.9 Å². The van der Waals surface area contributed by atoms with E-state index in [2.05, 4.69) is 51.9 Å². The summed E-state index contributed by atoms with van der Waals surface area (Å²) in [5.74, 6) is 2.62. The summed E-state index contributed by atoms with van der Waals surface area (Å²) in [5.41, 5.74) is 1.25. The normalized spacial score (nSPS) is 15.4. The largest absolute Gasteiger partial charge is 0.372 e. The Labute approximate surface area is 116 Å². The molecule has 1 aromatic heterocycles. The summed E-state index contributed by atoms with van der Waals surface area (Å²) in [7, 11) is 6.08. The topological polar surface area (TPSA) is 41.1 Å². The van der Waals surface area contributed by atoms with Gasteiger partial charge in [-0.1, -0.05) is 0 Å². The molecular formula is C12H19IN4. The highest BCUT2D eigenvalue weighted by Gasteiger charge is 2.29. The van der Waals surface area contributed by atoms with Gasteiger partial charge in [0.05, 0.1) is 9.26 Å². The number of aromatic nitrogens is 2. The second kappa shape index (κ2) is 5.48. The van der Waals surface area contributed by atoms with Gasteiger partial charge in [-0.05, 0) is 49.5 Å². The number of halogens is 1. The number of rotatable bonds is 5. The van der Waals surface area contributed by atoms with Gasteiger partial charge in [-0.2, -0.15) is 0 Å². The summed E-state index contributed by atoms with van der Waals surface area (Å²) in [6, 6.07) is 0. The van der Waals surface area contributed by atoms with Crippen molar-refractivity contribution in [1.82, 2.24) is 14.9 Å². The van der Waals surface area contributed by atoms with E-state index in [1.165, 1.54) is 22.1 Å². The maximum atomic E-state index is 4.73. The van der Waals surface area contributed by atoms with Crippen LogP contribution in [-0.4, -0.2) is 42.6 Å². The fraction of sp³-hybridized carbons (Fsp3) is 0.667. The Morgan fingerprint density at radius 1 is 1.35 bits per heavy atom. The van der Waals surface area contributed by atoms with E-state index in [4.69, 9.17) is 4.98 Å². The highest BCUT2D eigenvalue weighted by atomic mass is 127. The van der Waals surface area contributed by atoms with Gasteiger partial charge in [0.25, 0.3) is 0 Å². The molecule has 5 heteroatoms. The molecule has 0 radical (unpaired) electrons. The number of anilines is 1. The van der Waals surface area contributed by atoms with Crippen molar-refractivity contribution < 1.29 is 0 Å². The van der Waals surface area contributed by atoms with Crippen LogP contribution in [0, 0.1) is 3.57 Å². The van der Waals surface area contributed by atoms with E-state index in [9.17, 15) is 0 Å². The van der Waals surface area contributed by atoms with Crippen LogP contribution in [0.1, 0.15) is 30.3 Å². The molecule has 0 unspecified atom stereocenters. The smallest absolute Gasteiger partial charge is 0.143 e. The van der Waals surface area contributed by atoms with Crippen LogP contribution in [0.4, 0.5) is 5.82 Å². The molecule has 1 fully saturated rings. The Balaban J connectivity index is 2.23. The lowest BCUT2D eigenvalue weighted by molar-refractivity contribution is 0.409. The predicted molar refractivity (Wildman–Crippen MR) is 78.5 cm³/mol. The molecule has 4 nitrogen and oxygen atoms in total. The molecule has 1 saturated carbocycles. The molecule has 2 rings (SSSR count). The Morgan fingerprint density at radius 3 is 2.59 bits per heavy atom. The van der Waals surface area contributed by atoms with Crippen molar-refractivity contribution in [2.24, 2.45) is 0 Å². The van der Waals surface area contributed by atoms with Crippen LogP contribution in [0.2, 0.25) is 0 Å². The predicted octanol–water partition coefficient (Wildman–Crippen LogP) is 2.10. The Bertz CT molecular complexity index is 402. The first-order valence-electron chi connectivity index (χ1n) is 6.00. The molecule has 1 heterocycles. The third-order valence-electron chi connectivity index (χ3n) is 2.91. The number of nitrogens with one attached hydrogen (secondary N) is 1. The number of hydrogen-bond donors (Lipinski definition) is 1. The summed E-state index contributed by atoms with van der Waals surface area (Å²) in [5, 5.41) is 3.17. The first-order chi connectivity index (χ1) is 8.11. The van der Waals surface area contributed by atoms with E-state index in [1.54, 1.807) is 0 Å². The molecule has 1 aromatic rings. The Morgan fingerprint density at radius 2 is 2.06 bits per heavy atom. The van der Waals surface area contributed by atoms with Crippen LogP contribution in [0.5, 0.6) is 0 Å². The first-order valence-corrected chi connectivity index (χ1v) is 7.08. The molecule has 0 atom stereocenters. The average Bonchev–Trinajstić information content (AvgIpc) is 3.11. The molecule has 0 amide bonds. The lowest BCUT2D eigenvalue weighted by atomic mass is 10.2. The second-order valence-electron chi connectivity index (χ2n) is 4.77. The van der Waals surface area contributed by atoms with Crippen LogP contribution in [0.3, 0.4) is 0 Å². The summed E-state index contributed by atoms with van der Waals surface area (Å²) < 4.78 is 1.20. The highest BCUT2D eigenvalue weighted by Crippen LogP contribution is 2.42. The van der Waals surface area contributed by atoms with Crippen molar-refractivity contribution in [3.8, 4) is 0 Å². The fourth-order valence-electron chi connectivity index (χ4n) is 1.74. The maximum absolute atomic E-state index is 4.73. The average molecular weight is 346 g/mol. The van der Waals surface area contributed by atoms with E-state index in [0.29, 0.717) is 5.92 Å². The van der Waals surface area contributed by atoms with E-state index in [0.717, 1.165) is 24.6 Å². The minimum Gasteiger partial charge on any atom is -0.372 e. The van der Waals surface area contributed by atoms with Crippen molar-refractivity contribution in [3.05, 3.63) is 15.1 Å². The second-order valence-corrected chi connectivity index (χ2v) is 5.84. The summed E-state index contributed by atoms with van der Waals surface area (Å²) in [6.45, 7) is 0.994. The van der Waals surface area contributed by atoms with Gasteiger partial charge >= 0.3 is 0 Å². The van der Waals surface area contributed by atoms with Crippen molar-refractivity contribution >= 4 is 28.4 Å². The minimum atomic E-state index is 0.676. The molecule has 17 heavy (non-hydrogen) atoms. The molecule has 1 aliphatic carbocycles. The van der Waals surface area contributed by atoms with Gasteiger partial charge in [0.1, 0.15) is 11.6 Å². The Hall–Kier alpha value is -0.430. The van der Waals surface area contributed by atoms with Gasteiger partial charge in [-0.25, -0.2) is 9.97 Å². The molecule has 0 aromatic carbocycles. The van der Waals surface area contributed by atoms with E-state index in [1.807, 2.05) is 7.05 Å². The van der Waals surface area contributed by atoms with Crippen molar-refractivity contribution in [2.75, 3.05) is 33.0 Å². The van der Waals surface area contributed by atoms with Crippen molar-refractivity contribution in [3.63, 3.8) is 0 Å². The van der Waals surface area contributed by atoms with E-state index in [-0.39, 0.29) is 0 Å². The van der Waals surface area contributed by atoms with Gasteiger partial charge in [-0.3, -0.25) is 0 Å². The molecule has 0 aliphatic heterocycles. The van der Waals surface area contributed by atoms with Gasteiger partial charge in [0.15, 0.2) is 0 Å². The van der Waals surface area contributed by atoms with Crippen LogP contribution < -0.4 is 5.32 Å². The standard InChI is InChI=1S/C12H19IN4/c1-14-12-10(13)11(8-4-5-8)15-9(16-12)6-7-17(2)3/h8H,4-7H2,1-3H3,(H,14,15,16). The van der Waals surface area contributed by atoms with Gasteiger partial charge < -0.3 is 10.2 Å². The van der Waals surface area contributed by atoms with Crippen LogP contribution in [0.25, 0.3) is 0 Å². The molecule has 94 valence electrons. The third kappa shape index (κ3) is 3.28. The van der Waals surface area contributed by atoms with E-state index < -0.39 is 0 Å². The van der Waals surface area contributed by atoms with Crippen LogP contribution in [0.15, 0.2) is 0 Å². The number of hydrogen-bond acceptors (Lipinski definition) is 4. The zero-order chi connectivity index (χ0) is 12.4. The molecule has 0 saturated heterocycles. The van der Waals surface area contributed by atoms with Crippen molar-refractivity contribution in [2.45, 2.75) is 25.2 Å². The maximum Gasteiger partial charge on any atom is 0.143 e. The molecule has 1 aliphatic rings. The summed E-state index contributed by atoms with van der Waals surface area (Å²) >= 11 is 2.36. The fourth-order valence-corrected chi connectivity index (χ4v) is 2.69. The molecule has 0 spiro atoms. The van der Waals surface area contributed by atoms with Gasteiger partial charge in [0.2, 0.25) is 0 Å². The summed E-state index contributed by atoms with van der Waals surface area (Å²) in [4.78, 5) is 11.5. The lowest BCUT2D eigenvalue weighted by Gasteiger charge is -2.12. The number of likely N-dealkylation sites (N-methyl/N-ethyl adjacent to an activating group) is 1. The van der Waals surface area contributed by atoms with E-state index >= 15 is 0 Å². The third-order valence-corrected chi connectivity index (χ3v) is 3.97. The molecule has 1 N–H and O–H groups in total. The lowest BCUT2D eigenvalue weighted by Crippen LogP contribution is -2.17.